The van der Waals surface area contributed by atoms with Crippen molar-refractivity contribution in [3.8, 4) is 0 Å². The average molecular weight is 176 g/mol. The summed E-state index contributed by atoms with van der Waals surface area (Å²) in [5.41, 5.74) is 2.22. The number of hydrogen-bond acceptors (Lipinski definition) is 2. The smallest absolute Gasteiger partial charge is 0.320 e. The Labute approximate surface area is 70.6 Å². The second-order valence-corrected chi connectivity index (χ2v) is 2.67. The van der Waals surface area contributed by atoms with Crippen LogP contribution in [0.2, 0.25) is 0 Å². The zero-order valence-corrected chi connectivity index (χ0v) is 7.05. The number of hydroxylamine groups is 1. The van der Waals surface area contributed by atoms with Gasteiger partial charge in [-0.25, -0.2) is 14.7 Å². The van der Waals surface area contributed by atoms with Crippen molar-refractivity contribution in [1.29, 1.82) is 0 Å². The van der Waals surface area contributed by atoms with Gasteiger partial charge in [-0.2, -0.15) is 0 Å². The van der Waals surface area contributed by atoms with Gasteiger partial charge in [-0.15, -0.1) is 0 Å². The van der Waals surface area contributed by atoms with Gasteiger partial charge in [-0.1, -0.05) is 0 Å². The normalized spacial score (nSPS) is 22.8. The van der Waals surface area contributed by atoms with Crippen LogP contribution in [0.1, 0.15) is 13.3 Å². The maximum atomic E-state index is 12.6. The number of halogens is 1. The van der Waals surface area contributed by atoms with Crippen LogP contribution in [0.4, 0.5) is 9.18 Å². The first-order valence-corrected chi connectivity index (χ1v) is 4.04. The molecule has 1 heterocycles. The molecular formula is C7H13FN2O2. The van der Waals surface area contributed by atoms with Crippen molar-refractivity contribution in [2.75, 3.05) is 19.7 Å². The first kappa shape index (κ1) is 9.25. The fourth-order valence-electron chi connectivity index (χ4n) is 1.10. The molecular weight excluding hydrogens is 163 g/mol. The lowest BCUT2D eigenvalue weighted by Gasteiger charge is -2.14. The number of amides is 2. The van der Waals surface area contributed by atoms with E-state index in [-0.39, 0.29) is 12.6 Å². The van der Waals surface area contributed by atoms with E-state index in [9.17, 15) is 9.18 Å². The molecule has 1 N–H and O–H groups in total. The van der Waals surface area contributed by atoms with Gasteiger partial charge in [-0.05, 0) is 13.3 Å². The molecule has 1 rings (SSSR count). The third-order valence-corrected chi connectivity index (χ3v) is 1.72. The van der Waals surface area contributed by atoms with Crippen LogP contribution in [0.3, 0.4) is 0 Å². The number of nitrogens with zero attached hydrogens (tertiary/aromatic N) is 1. The predicted octanol–water partition coefficient (Wildman–Crippen LogP) is 0.691. The van der Waals surface area contributed by atoms with Crippen LogP contribution >= 0.6 is 0 Å². The molecule has 1 aliphatic rings. The van der Waals surface area contributed by atoms with Gasteiger partial charge in [0, 0.05) is 6.54 Å². The summed E-state index contributed by atoms with van der Waals surface area (Å²) >= 11 is 0. The Morgan fingerprint density at radius 1 is 1.83 bits per heavy atom. The zero-order chi connectivity index (χ0) is 8.97. The zero-order valence-electron chi connectivity index (χ0n) is 7.05. The maximum absolute atomic E-state index is 12.6. The van der Waals surface area contributed by atoms with E-state index < -0.39 is 6.17 Å². The number of hydrogen-bond donors (Lipinski definition) is 1. The molecule has 1 saturated heterocycles. The Hall–Kier alpha value is -0.840. The maximum Gasteiger partial charge on any atom is 0.341 e. The molecule has 0 aromatic rings. The van der Waals surface area contributed by atoms with Gasteiger partial charge in [-0.3, -0.25) is 4.84 Å². The Balaban J connectivity index is 2.23. The van der Waals surface area contributed by atoms with Crippen molar-refractivity contribution < 1.29 is 14.0 Å². The number of rotatable bonds is 2. The Bertz CT molecular complexity index is 165. The molecule has 4 nitrogen and oxygen atoms in total. The van der Waals surface area contributed by atoms with Crippen LogP contribution < -0.4 is 5.48 Å². The summed E-state index contributed by atoms with van der Waals surface area (Å²) in [6.07, 6.45) is -0.447. The van der Waals surface area contributed by atoms with Crippen molar-refractivity contribution in [3.05, 3.63) is 0 Å². The number of urea groups is 1. The topological polar surface area (TPSA) is 41.6 Å². The predicted molar refractivity (Wildman–Crippen MR) is 41.2 cm³/mol. The highest BCUT2D eigenvalue weighted by Gasteiger charge is 2.25. The van der Waals surface area contributed by atoms with Gasteiger partial charge in [0.25, 0.3) is 0 Å². The molecule has 0 aromatic heterocycles. The summed E-state index contributed by atoms with van der Waals surface area (Å²) in [5, 5.41) is 0. The molecule has 70 valence electrons. The molecule has 0 bridgehead atoms. The first-order chi connectivity index (χ1) is 5.74. The number of nitrogens with one attached hydrogen (secondary N) is 1. The lowest BCUT2D eigenvalue weighted by molar-refractivity contribution is 0.0578. The lowest BCUT2D eigenvalue weighted by Crippen LogP contribution is -2.38. The van der Waals surface area contributed by atoms with Gasteiger partial charge in [0.1, 0.15) is 6.17 Å². The highest BCUT2D eigenvalue weighted by atomic mass is 19.1. The third kappa shape index (κ3) is 2.34. The molecule has 12 heavy (non-hydrogen) atoms. The fourth-order valence-corrected chi connectivity index (χ4v) is 1.10. The summed E-state index contributed by atoms with van der Waals surface area (Å²) in [4.78, 5) is 17.2. The van der Waals surface area contributed by atoms with Crippen LogP contribution in [-0.2, 0) is 4.84 Å². The molecule has 1 fully saturated rings. The van der Waals surface area contributed by atoms with Gasteiger partial charge >= 0.3 is 6.03 Å². The highest BCUT2D eigenvalue weighted by Crippen LogP contribution is 2.11. The van der Waals surface area contributed by atoms with E-state index in [2.05, 4.69) is 10.3 Å². The number of likely N-dealkylation sites (tertiary alicyclic amines) is 1. The van der Waals surface area contributed by atoms with Crippen molar-refractivity contribution >= 4 is 6.03 Å². The minimum absolute atomic E-state index is 0.179. The molecule has 5 heteroatoms. The van der Waals surface area contributed by atoms with E-state index in [1.54, 1.807) is 6.92 Å². The van der Waals surface area contributed by atoms with Crippen molar-refractivity contribution in [2.45, 2.75) is 19.5 Å². The first-order valence-electron chi connectivity index (χ1n) is 4.04. The van der Waals surface area contributed by atoms with E-state index >= 15 is 0 Å². The largest absolute Gasteiger partial charge is 0.341 e. The molecule has 0 aromatic carbocycles. The Kier molecular flexibility index (Phi) is 3.28. The fraction of sp³-hybridized carbons (Fsp3) is 0.857. The van der Waals surface area contributed by atoms with E-state index in [0.29, 0.717) is 19.6 Å². The molecule has 0 aliphatic carbocycles. The van der Waals surface area contributed by atoms with Gasteiger partial charge in [0.05, 0.1) is 13.2 Å². The van der Waals surface area contributed by atoms with Gasteiger partial charge < -0.3 is 4.90 Å². The second-order valence-electron chi connectivity index (χ2n) is 2.67. The van der Waals surface area contributed by atoms with E-state index in [4.69, 9.17) is 0 Å². The van der Waals surface area contributed by atoms with Crippen molar-refractivity contribution in [2.24, 2.45) is 0 Å². The summed E-state index contributed by atoms with van der Waals surface area (Å²) < 4.78 is 12.6. The third-order valence-electron chi connectivity index (χ3n) is 1.72. The molecule has 0 spiro atoms. The van der Waals surface area contributed by atoms with E-state index in [0.717, 1.165) is 0 Å². The quantitative estimate of drug-likeness (QED) is 0.629. The van der Waals surface area contributed by atoms with Crippen molar-refractivity contribution in [3.63, 3.8) is 0 Å². The number of carbonyl (C=O) groups is 1. The SMILES string of the molecule is CCONC(=O)N1CCC(F)C1. The molecule has 1 unspecified atom stereocenters. The van der Waals surface area contributed by atoms with Crippen LogP contribution in [-0.4, -0.2) is 36.8 Å². The molecule has 0 saturated carbocycles. The van der Waals surface area contributed by atoms with Gasteiger partial charge in [0.15, 0.2) is 0 Å². The summed E-state index contributed by atoms with van der Waals surface area (Å²) in [6, 6.07) is -0.350. The van der Waals surface area contributed by atoms with E-state index in [1.807, 2.05) is 0 Å². The molecule has 0 radical (unpaired) electrons. The van der Waals surface area contributed by atoms with Crippen LogP contribution in [0.25, 0.3) is 0 Å². The van der Waals surface area contributed by atoms with Crippen LogP contribution in [0, 0.1) is 0 Å². The lowest BCUT2D eigenvalue weighted by atomic mass is 10.3. The van der Waals surface area contributed by atoms with Crippen LogP contribution in [0.15, 0.2) is 0 Å². The summed E-state index contributed by atoms with van der Waals surface area (Å²) in [5.74, 6) is 0. The van der Waals surface area contributed by atoms with E-state index in [1.165, 1.54) is 4.90 Å². The van der Waals surface area contributed by atoms with Crippen LogP contribution in [0.5, 0.6) is 0 Å². The Morgan fingerprint density at radius 3 is 3.08 bits per heavy atom. The number of alkyl halides is 1. The van der Waals surface area contributed by atoms with Crippen molar-refractivity contribution in [1.82, 2.24) is 10.4 Å². The second kappa shape index (κ2) is 4.25. The van der Waals surface area contributed by atoms with Gasteiger partial charge in [0.2, 0.25) is 0 Å². The molecule has 1 aliphatic heterocycles. The molecule has 2 amide bonds. The summed E-state index contributed by atoms with van der Waals surface area (Å²) in [6.45, 7) is 2.83. The Morgan fingerprint density at radius 2 is 2.58 bits per heavy atom. The monoisotopic (exact) mass is 176 g/mol. The minimum atomic E-state index is -0.877. The summed E-state index contributed by atoms with van der Waals surface area (Å²) in [7, 11) is 0. The standard InChI is InChI=1S/C7H13FN2O2/c1-2-12-9-7(11)10-4-3-6(8)5-10/h6H,2-5H2,1H3,(H,9,11). The highest BCUT2D eigenvalue weighted by molar-refractivity contribution is 5.73. The number of carbonyl (C=O) groups excluding carboxylic acids is 1. The minimum Gasteiger partial charge on any atom is -0.320 e. The average Bonchev–Trinajstić information content (AvgIpc) is 2.47. The molecule has 1 atom stereocenters.